The Balaban J connectivity index is 1.77. The van der Waals surface area contributed by atoms with Gasteiger partial charge in [0.2, 0.25) is 0 Å². The van der Waals surface area contributed by atoms with Crippen LogP contribution in [0.4, 0.5) is 0 Å². The highest BCUT2D eigenvalue weighted by atomic mass is 16.6. The maximum atomic E-state index is 5.84. The van der Waals surface area contributed by atoms with Gasteiger partial charge in [-0.05, 0) is 12.0 Å². The van der Waals surface area contributed by atoms with E-state index in [9.17, 15) is 0 Å². The minimum absolute atomic E-state index is 0.223. The molecule has 1 N–H and O–H groups in total. The Morgan fingerprint density at radius 2 is 2.06 bits per heavy atom. The van der Waals surface area contributed by atoms with Crippen molar-refractivity contribution < 1.29 is 9.47 Å². The lowest BCUT2D eigenvalue weighted by molar-refractivity contribution is -0.111. The standard InChI is InChI=1S/C13H17NO2/c1-2-4-11(5-3-1)12-6-8-16-13(14-12)7-9-15-10-13/h1-5,12,14H,6-10H2. The van der Waals surface area contributed by atoms with E-state index in [-0.39, 0.29) is 5.72 Å². The Morgan fingerprint density at radius 3 is 2.81 bits per heavy atom. The Kier molecular flexibility index (Phi) is 2.67. The summed E-state index contributed by atoms with van der Waals surface area (Å²) in [7, 11) is 0. The zero-order valence-corrected chi connectivity index (χ0v) is 9.32. The predicted molar refractivity (Wildman–Crippen MR) is 61.1 cm³/mol. The molecule has 2 atom stereocenters. The van der Waals surface area contributed by atoms with Crippen molar-refractivity contribution in [3.63, 3.8) is 0 Å². The zero-order chi connectivity index (χ0) is 10.8. The van der Waals surface area contributed by atoms with E-state index >= 15 is 0 Å². The molecule has 0 aliphatic carbocycles. The maximum absolute atomic E-state index is 5.84. The van der Waals surface area contributed by atoms with Crippen molar-refractivity contribution in [2.45, 2.75) is 24.6 Å². The van der Waals surface area contributed by atoms with Gasteiger partial charge in [-0.1, -0.05) is 30.3 Å². The Morgan fingerprint density at radius 1 is 1.19 bits per heavy atom. The fourth-order valence-electron chi connectivity index (χ4n) is 2.51. The second kappa shape index (κ2) is 4.17. The third-order valence-electron chi connectivity index (χ3n) is 3.41. The first kappa shape index (κ1) is 10.3. The lowest BCUT2D eigenvalue weighted by atomic mass is 9.99. The lowest BCUT2D eigenvalue weighted by Crippen LogP contribution is -2.53. The van der Waals surface area contributed by atoms with Crippen LogP contribution < -0.4 is 5.32 Å². The van der Waals surface area contributed by atoms with E-state index in [0.29, 0.717) is 12.6 Å². The largest absolute Gasteiger partial charge is 0.377 e. The second-order valence-corrected chi connectivity index (χ2v) is 4.54. The molecular formula is C13H17NO2. The lowest BCUT2D eigenvalue weighted by Gasteiger charge is -2.38. The summed E-state index contributed by atoms with van der Waals surface area (Å²) < 4.78 is 11.3. The van der Waals surface area contributed by atoms with Crippen LogP contribution in [0.3, 0.4) is 0 Å². The molecule has 86 valence electrons. The fraction of sp³-hybridized carbons (Fsp3) is 0.538. The van der Waals surface area contributed by atoms with Crippen LogP contribution in [0, 0.1) is 0 Å². The van der Waals surface area contributed by atoms with E-state index in [0.717, 1.165) is 26.1 Å². The van der Waals surface area contributed by atoms with Crippen LogP contribution in [0.2, 0.25) is 0 Å². The molecule has 0 bridgehead atoms. The van der Waals surface area contributed by atoms with Gasteiger partial charge in [-0.25, -0.2) is 0 Å². The molecule has 2 heterocycles. The third-order valence-corrected chi connectivity index (χ3v) is 3.41. The summed E-state index contributed by atoms with van der Waals surface area (Å²) in [5.41, 5.74) is 1.12. The molecule has 2 aliphatic heterocycles. The third kappa shape index (κ3) is 1.86. The molecule has 1 spiro atoms. The number of nitrogens with one attached hydrogen (secondary N) is 1. The minimum atomic E-state index is -0.223. The summed E-state index contributed by atoms with van der Waals surface area (Å²) in [6.45, 7) is 2.29. The van der Waals surface area contributed by atoms with E-state index < -0.39 is 0 Å². The predicted octanol–water partition coefficient (Wildman–Crippen LogP) is 1.85. The first-order chi connectivity index (χ1) is 7.88. The Labute approximate surface area is 95.8 Å². The van der Waals surface area contributed by atoms with E-state index in [1.54, 1.807) is 0 Å². The van der Waals surface area contributed by atoms with Crippen molar-refractivity contribution in [1.82, 2.24) is 5.32 Å². The molecular weight excluding hydrogens is 202 g/mol. The molecule has 2 saturated heterocycles. The molecule has 2 fully saturated rings. The summed E-state index contributed by atoms with van der Waals surface area (Å²) in [6, 6.07) is 11.0. The van der Waals surface area contributed by atoms with Crippen molar-refractivity contribution in [3.05, 3.63) is 35.9 Å². The highest BCUT2D eigenvalue weighted by Gasteiger charge is 2.40. The van der Waals surface area contributed by atoms with Crippen LogP contribution >= 0.6 is 0 Å². The summed E-state index contributed by atoms with van der Waals surface area (Å²) in [6.07, 6.45) is 1.99. The van der Waals surface area contributed by atoms with Crippen molar-refractivity contribution in [3.8, 4) is 0 Å². The average Bonchev–Trinajstić information content (AvgIpc) is 2.78. The van der Waals surface area contributed by atoms with E-state index in [4.69, 9.17) is 9.47 Å². The van der Waals surface area contributed by atoms with Crippen molar-refractivity contribution in [2.24, 2.45) is 0 Å². The van der Waals surface area contributed by atoms with Gasteiger partial charge in [0.15, 0.2) is 0 Å². The smallest absolute Gasteiger partial charge is 0.145 e. The normalized spacial score (nSPS) is 34.4. The molecule has 0 saturated carbocycles. The molecule has 16 heavy (non-hydrogen) atoms. The van der Waals surface area contributed by atoms with Crippen LogP contribution in [0.15, 0.2) is 30.3 Å². The SMILES string of the molecule is c1ccc(C2CCOC3(CCOC3)N2)cc1. The van der Waals surface area contributed by atoms with Gasteiger partial charge < -0.3 is 9.47 Å². The van der Waals surface area contributed by atoms with E-state index in [2.05, 4.69) is 35.6 Å². The minimum Gasteiger partial charge on any atom is -0.377 e. The van der Waals surface area contributed by atoms with Crippen molar-refractivity contribution in [1.29, 1.82) is 0 Å². The number of rotatable bonds is 1. The van der Waals surface area contributed by atoms with Gasteiger partial charge >= 0.3 is 0 Å². The van der Waals surface area contributed by atoms with Crippen LogP contribution in [-0.2, 0) is 9.47 Å². The molecule has 0 radical (unpaired) electrons. The summed E-state index contributed by atoms with van der Waals surface area (Å²) in [5.74, 6) is 0. The van der Waals surface area contributed by atoms with Crippen LogP contribution in [0.25, 0.3) is 0 Å². The number of hydrogen-bond donors (Lipinski definition) is 1. The summed E-state index contributed by atoms with van der Waals surface area (Å²) in [4.78, 5) is 0. The van der Waals surface area contributed by atoms with Gasteiger partial charge in [-0.3, -0.25) is 5.32 Å². The summed E-state index contributed by atoms with van der Waals surface area (Å²) in [5, 5.41) is 3.60. The molecule has 1 aromatic carbocycles. The molecule has 0 amide bonds. The molecule has 2 unspecified atom stereocenters. The van der Waals surface area contributed by atoms with Gasteiger partial charge in [-0.15, -0.1) is 0 Å². The van der Waals surface area contributed by atoms with Crippen molar-refractivity contribution in [2.75, 3.05) is 19.8 Å². The quantitative estimate of drug-likeness (QED) is 0.782. The zero-order valence-electron chi connectivity index (χ0n) is 9.32. The molecule has 3 rings (SSSR count). The van der Waals surface area contributed by atoms with Gasteiger partial charge in [-0.2, -0.15) is 0 Å². The maximum Gasteiger partial charge on any atom is 0.145 e. The van der Waals surface area contributed by atoms with E-state index in [1.165, 1.54) is 5.56 Å². The number of benzene rings is 1. The number of ether oxygens (including phenoxy) is 2. The van der Waals surface area contributed by atoms with Gasteiger partial charge in [0, 0.05) is 12.5 Å². The first-order valence-corrected chi connectivity index (χ1v) is 5.92. The molecule has 3 nitrogen and oxygen atoms in total. The van der Waals surface area contributed by atoms with Crippen LogP contribution in [-0.4, -0.2) is 25.5 Å². The molecule has 0 aromatic heterocycles. The van der Waals surface area contributed by atoms with E-state index in [1.807, 2.05) is 0 Å². The van der Waals surface area contributed by atoms with Gasteiger partial charge in [0.1, 0.15) is 5.72 Å². The van der Waals surface area contributed by atoms with Crippen LogP contribution in [0.5, 0.6) is 0 Å². The number of hydrogen-bond acceptors (Lipinski definition) is 3. The monoisotopic (exact) mass is 219 g/mol. The highest BCUT2D eigenvalue weighted by molar-refractivity contribution is 5.20. The Hall–Kier alpha value is -0.900. The van der Waals surface area contributed by atoms with Crippen LogP contribution in [0.1, 0.15) is 24.4 Å². The summed E-state index contributed by atoms with van der Waals surface area (Å²) >= 11 is 0. The molecule has 3 heteroatoms. The average molecular weight is 219 g/mol. The molecule has 1 aromatic rings. The first-order valence-electron chi connectivity index (χ1n) is 5.92. The molecule has 2 aliphatic rings. The second-order valence-electron chi connectivity index (χ2n) is 4.54. The Bertz CT molecular complexity index is 346. The van der Waals surface area contributed by atoms with Gasteiger partial charge in [0.05, 0.1) is 19.8 Å². The highest BCUT2D eigenvalue weighted by Crippen LogP contribution is 2.31. The topological polar surface area (TPSA) is 30.5 Å². The fourth-order valence-corrected chi connectivity index (χ4v) is 2.51. The van der Waals surface area contributed by atoms with Gasteiger partial charge in [0.25, 0.3) is 0 Å². The van der Waals surface area contributed by atoms with Crippen molar-refractivity contribution >= 4 is 0 Å².